The topological polar surface area (TPSA) is 107 Å². The molecule has 0 bridgehead atoms. The Kier molecular flexibility index (Phi) is 5.67. The Labute approximate surface area is 118 Å². The second-order valence-corrected chi connectivity index (χ2v) is 6.12. The quantitative estimate of drug-likeness (QED) is 0.787. The number of nitrogens with zero attached hydrogens (tertiary/aromatic N) is 1. The molecule has 0 saturated heterocycles. The maximum absolute atomic E-state index is 11.9. The molecule has 0 saturated carbocycles. The predicted molar refractivity (Wildman–Crippen MR) is 73.2 cm³/mol. The number of aliphatic carboxylic acids is 1. The maximum Gasteiger partial charge on any atom is 0.321 e. The summed E-state index contributed by atoms with van der Waals surface area (Å²) in [6.07, 6.45) is 0.788. The van der Waals surface area contributed by atoms with Gasteiger partial charge in [-0.15, -0.1) is 0 Å². The van der Waals surface area contributed by atoms with E-state index in [-0.39, 0.29) is 12.2 Å². The van der Waals surface area contributed by atoms with Crippen LogP contribution in [0.1, 0.15) is 30.9 Å². The van der Waals surface area contributed by atoms with Gasteiger partial charge in [0.1, 0.15) is 6.04 Å². The first-order valence-corrected chi connectivity index (χ1v) is 7.75. The number of hydrogen-bond donors (Lipinski definition) is 2. The van der Waals surface area contributed by atoms with Crippen molar-refractivity contribution in [2.24, 2.45) is 0 Å². The van der Waals surface area contributed by atoms with E-state index in [1.807, 2.05) is 6.07 Å². The number of carbonyl (C=O) groups is 1. The minimum Gasteiger partial charge on any atom is -0.480 e. The molecule has 0 heterocycles. The number of hydrogen-bond acceptors (Lipinski definition) is 4. The SMILES string of the molecule is CCC[C@@H](NS(=O)(=O)Cc1cccc(C#N)c1)C(=O)O. The molecule has 0 unspecified atom stereocenters. The third-order valence-corrected chi connectivity index (χ3v) is 3.97. The Morgan fingerprint density at radius 3 is 2.75 bits per heavy atom. The highest BCUT2D eigenvalue weighted by atomic mass is 32.2. The molecule has 0 aliphatic carbocycles. The monoisotopic (exact) mass is 296 g/mol. The Hall–Kier alpha value is -1.91. The standard InChI is InChI=1S/C13H16N2O4S/c1-2-4-12(13(16)17)15-20(18,19)9-11-6-3-5-10(7-11)8-14/h3,5-7,12,15H,2,4,9H2,1H3,(H,16,17)/t12-/m1/s1. The zero-order valence-corrected chi connectivity index (χ0v) is 11.9. The van der Waals surface area contributed by atoms with Gasteiger partial charge in [0.15, 0.2) is 0 Å². The summed E-state index contributed by atoms with van der Waals surface area (Å²) < 4.78 is 26.0. The van der Waals surface area contributed by atoms with Crippen molar-refractivity contribution in [2.45, 2.75) is 31.6 Å². The summed E-state index contributed by atoms with van der Waals surface area (Å²) in [6, 6.07) is 7.01. The summed E-state index contributed by atoms with van der Waals surface area (Å²) in [4.78, 5) is 11.0. The average Bonchev–Trinajstić information content (AvgIpc) is 2.37. The molecule has 1 rings (SSSR count). The van der Waals surface area contributed by atoms with Crippen molar-refractivity contribution < 1.29 is 18.3 Å². The van der Waals surface area contributed by atoms with Crippen molar-refractivity contribution >= 4 is 16.0 Å². The first kappa shape index (κ1) is 16.1. The van der Waals surface area contributed by atoms with Gasteiger partial charge in [-0.1, -0.05) is 25.5 Å². The molecule has 0 aliphatic heterocycles. The van der Waals surface area contributed by atoms with Crippen molar-refractivity contribution in [1.29, 1.82) is 5.26 Å². The summed E-state index contributed by atoms with van der Waals surface area (Å²) in [6.45, 7) is 1.78. The smallest absolute Gasteiger partial charge is 0.321 e. The molecule has 7 heteroatoms. The summed E-state index contributed by atoms with van der Waals surface area (Å²) in [5.74, 6) is -1.54. The van der Waals surface area contributed by atoms with Crippen LogP contribution in [0, 0.1) is 11.3 Å². The Morgan fingerprint density at radius 2 is 2.20 bits per heavy atom. The van der Waals surface area contributed by atoms with Gasteiger partial charge in [-0.05, 0) is 24.1 Å². The Bertz CT molecular complexity index is 620. The van der Waals surface area contributed by atoms with Gasteiger partial charge in [0.2, 0.25) is 10.0 Å². The molecule has 1 aromatic carbocycles. The van der Waals surface area contributed by atoms with Crippen molar-refractivity contribution in [3.8, 4) is 6.07 Å². The number of rotatable bonds is 7. The molecule has 20 heavy (non-hydrogen) atoms. The fourth-order valence-corrected chi connectivity index (χ4v) is 3.08. The van der Waals surface area contributed by atoms with Crippen LogP contribution < -0.4 is 4.72 Å². The van der Waals surface area contributed by atoms with Crippen LogP contribution in [0.15, 0.2) is 24.3 Å². The van der Waals surface area contributed by atoms with Crippen molar-refractivity contribution in [3.05, 3.63) is 35.4 Å². The van der Waals surface area contributed by atoms with Gasteiger partial charge in [-0.2, -0.15) is 5.26 Å². The van der Waals surface area contributed by atoms with Crippen LogP contribution in [-0.4, -0.2) is 25.5 Å². The van der Waals surface area contributed by atoms with E-state index in [9.17, 15) is 13.2 Å². The molecule has 0 radical (unpaired) electrons. The van der Waals surface area contributed by atoms with E-state index in [0.717, 1.165) is 0 Å². The lowest BCUT2D eigenvalue weighted by atomic mass is 10.2. The third kappa shape index (κ3) is 4.99. The number of nitriles is 1. The van der Waals surface area contributed by atoms with E-state index in [4.69, 9.17) is 10.4 Å². The molecule has 1 atom stereocenters. The minimum atomic E-state index is -3.77. The highest BCUT2D eigenvalue weighted by molar-refractivity contribution is 7.88. The highest BCUT2D eigenvalue weighted by Gasteiger charge is 2.23. The van der Waals surface area contributed by atoms with E-state index in [0.29, 0.717) is 17.5 Å². The van der Waals surface area contributed by atoms with Gasteiger partial charge < -0.3 is 5.11 Å². The van der Waals surface area contributed by atoms with Crippen LogP contribution >= 0.6 is 0 Å². The largest absolute Gasteiger partial charge is 0.480 e. The van der Waals surface area contributed by atoms with Gasteiger partial charge in [0.25, 0.3) is 0 Å². The second-order valence-electron chi connectivity index (χ2n) is 4.37. The van der Waals surface area contributed by atoms with Crippen molar-refractivity contribution in [3.63, 3.8) is 0 Å². The van der Waals surface area contributed by atoms with E-state index in [1.165, 1.54) is 6.07 Å². The number of carboxylic acid groups (broad SMARTS) is 1. The summed E-state index contributed by atoms with van der Waals surface area (Å²) in [7, 11) is -3.77. The number of carboxylic acids is 1. The minimum absolute atomic E-state index is 0.229. The van der Waals surface area contributed by atoms with Gasteiger partial charge in [0, 0.05) is 0 Å². The lowest BCUT2D eigenvalue weighted by Crippen LogP contribution is -2.41. The van der Waals surface area contributed by atoms with Crippen LogP contribution in [0.4, 0.5) is 0 Å². The summed E-state index contributed by atoms with van der Waals surface area (Å²) in [5.41, 5.74) is 0.804. The van der Waals surface area contributed by atoms with Crippen LogP contribution in [0.2, 0.25) is 0 Å². The molecule has 0 fully saturated rings. The fraction of sp³-hybridized carbons (Fsp3) is 0.385. The molecular formula is C13H16N2O4S. The molecule has 108 valence electrons. The van der Waals surface area contributed by atoms with Crippen molar-refractivity contribution in [2.75, 3.05) is 0 Å². The van der Waals surface area contributed by atoms with E-state index < -0.39 is 22.0 Å². The van der Waals surface area contributed by atoms with Crippen LogP contribution in [-0.2, 0) is 20.6 Å². The maximum atomic E-state index is 11.9. The highest BCUT2D eigenvalue weighted by Crippen LogP contribution is 2.09. The molecule has 0 aromatic heterocycles. The fourth-order valence-electron chi connectivity index (χ4n) is 1.73. The van der Waals surface area contributed by atoms with Crippen LogP contribution in [0.5, 0.6) is 0 Å². The van der Waals surface area contributed by atoms with Gasteiger partial charge in [0.05, 0.1) is 17.4 Å². The summed E-state index contributed by atoms with van der Waals surface area (Å²) in [5, 5.41) is 17.7. The molecule has 0 spiro atoms. The van der Waals surface area contributed by atoms with E-state index in [1.54, 1.807) is 25.1 Å². The number of sulfonamides is 1. The van der Waals surface area contributed by atoms with Crippen LogP contribution in [0.3, 0.4) is 0 Å². The Balaban J connectivity index is 2.83. The second kappa shape index (κ2) is 7.03. The molecule has 0 amide bonds. The molecule has 0 aliphatic rings. The van der Waals surface area contributed by atoms with E-state index >= 15 is 0 Å². The Morgan fingerprint density at radius 1 is 1.50 bits per heavy atom. The molecular weight excluding hydrogens is 280 g/mol. The van der Waals surface area contributed by atoms with Gasteiger partial charge in [-0.25, -0.2) is 13.1 Å². The third-order valence-electron chi connectivity index (χ3n) is 2.61. The first-order valence-electron chi connectivity index (χ1n) is 6.10. The lowest BCUT2D eigenvalue weighted by Gasteiger charge is -2.13. The predicted octanol–water partition coefficient (Wildman–Crippen LogP) is 1.23. The summed E-state index contributed by atoms with van der Waals surface area (Å²) >= 11 is 0. The zero-order valence-electron chi connectivity index (χ0n) is 11.0. The number of nitrogens with one attached hydrogen (secondary N) is 1. The average molecular weight is 296 g/mol. The lowest BCUT2D eigenvalue weighted by molar-refractivity contribution is -0.139. The van der Waals surface area contributed by atoms with Gasteiger partial charge >= 0.3 is 5.97 Å². The van der Waals surface area contributed by atoms with Gasteiger partial charge in [-0.3, -0.25) is 4.79 Å². The van der Waals surface area contributed by atoms with E-state index in [2.05, 4.69) is 4.72 Å². The normalized spacial score (nSPS) is 12.6. The zero-order chi connectivity index (χ0) is 15.2. The van der Waals surface area contributed by atoms with Crippen LogP contribution in [0.25, 0.3) is 0 Å². The molecule has 6 nitrogen and oxygen atoms in total. The molecule has 2 N–H and O–H groups in total. The van der Waals surface area contributed by atoms with Crippen molar-refractivity contribution in [1.82, 2.24) is 4.72 Å². The number of benzene rings is 1. The first-order chi connectivity index (χ1) is 9.38. The molecule has 1 aromatic rings.